The molecule has 1 heterocycles. The van der Waals surface area contributed by atoms with Crippen molar-refractivity contribution >= 4 is 34.1 Å². The number of aromatic nitrogens is 1. The molecule has 0 aliphatic carbocycles. The largest absolute Gasteiger partial charge is 0.375 e. The molecule has 0 aliphatic heterocycles. The van der Waals surface area contributed by atoms with E-state index in [9.17, 15) is 5.11 Å². The molecule has 1 aromatic heterocycles. The van der Waals surface area contributed by atoms with Gasteiger partial charge in [0.25, 0.3) is 0 Å². The molecule has 4 aromatic rings. The Bertz CT molecular complexity index is 941. The summed E-state index contributed by atoms with van der Waals surface area (Å²) in [6.07, 6.45) is 0. The van der Waals surface area contributed by atoms with Crippen molar-refractivity contribution in [1.82, 2.24) is 4.98 Å². The van der Waals surface area contributed by atoms with Crippen LogP contribution in [-0.2, 0) is 5.60 Å². The van der Waals surface area contributed by atoms with E-state index in [0.29, 0.717) is 15.7 Å². The first-order valence-electron chi connectivity index (χ1n) is 7.90. The summed E-state index contributed by atoms with van der Waals surface area (Å²) in [6, 6.07) is 24.4. The van der Waals surface area contributed by atoms with Gasteiger partial charge in [-0.2, -0.15) is 0 Å². The number of benzene rings is 3. The van der Waals surface area contributed by atoms with Crippen LogP contribution in [0.3, 0.4) is 0 Å². The van der Waals surface area contributed by atoms with E-state index >= 15 is 0 Å². The molecular weight excluding hydrogens is 353 g/mol. The third-order valence-electron chi connectivity index (χ3n) is 4.44. The van der Waals surface area contributed by atoms with Crippen molar-refractivity contribution in [2.24, 2.45) is 0 Å². The minimum Gasteiger partial charge on any atom is -0.375 e. The van der Waals surface area contributed by atoms with Crippen LogP contribution in [0.5, 0.6) is 0 Å². The van der Waals surface area contributed by atoms with Crippen molar-refractivity contribution in [2.75, 3.05) is 0 Å². The van der Waals surface area contributed by atoms with Crippen LogP contribution < -0.4 is 0 Å². The van der Waals surface area contributed by atoms with E-state index in [4.69, 9.17) is 23.2 Å². The molecule has 3 aromatic carbocycles. The molecule has 0 radical (unpaired) electrons. The predicted molar refractivity (Wildman–Crippen MR) is 103 cm³/mol. The lowest BCUT2D eigenvalue weighted by molar-refractivity contribution is 0.121. The molecule has 0 amide bonds. The maximum absolute atomic E-state index is 11.8. The van der Waals surface area contributed by atoms with E-state index in [1.165, 1.54) is 0 Å². The van der Waals surface area contributed by atoms with E-state index in [-0.39, 0.29) is 0 Å². The van der Waals surface area contributed by atoms with Gasteiger partial charge in [0.15, 0.2) is 5.60 Å². The maximum atomic E-state index is 11.8. The number of hydrogen-bond acceptors (Lipinski definition) is 1. The van der Waals surface area contributed by atoms with E-state index in [0.717, 1.165) is 22.0 Å². The number of aliphatic hydroxyl groups is 1. The van der Waals surface area contributed by atoms with Crippen molar-refractivity contribution in [1.29, 1.82) is 0 Å². The number of nitrogens with one attached hydrogen (secondary N) is 1. The minimum absolute atomic E-state index is 0.624. The highest BCUT2D eigenvalue weighted by molar-refractivity contribution is 6.30. The molecule has 124 valence electrons. The van der Waals surface area contributed by atoms with Crippen LogP contribution >= 0.6 is 23.2 Å². The third-order valence-corrected chi connectivity index (χ3v) is 4.95. The van der Waals surface area contributed by atoms with E-state index < -0.39 is 5.60 Å². The molecule has 0 saturated carbocycles. The molecule has 2 N–H and O–H groups in total. The Labute approximate surface area is 155 Å². The lowest BCUT2D eigenvalue weighted by Gasteiger charge is -2.28. The van der Waals surface area contributed by atoms with Crippen LogP contribution in [0.1, 0.15) is 16.8 Å². The summed E-state index contributed by atoms with van der Waals surface area (Å²) in [4.78, 5) is 3.35. The Morgan fingerprint density at radius 1 is 0.720 bits per heavy atom. The Kier molecular flexibility index (Phi) is 4.04. The lowest BCUT2D eigenvalue weighted by Crippen LogP contribution is -2.29. The fourth-order valence-electron chi connectivity index (χ4n) is 3.13. The molecule has 0 aliphatic rings. The molecule has 25 heavy (non-hydrogen) atoms. The molecule has 0 atom stereocenters. The molecule has 0 saturated heterocycles. The fraction of sp³-hybridized carbons (Fsp3) is 0.0476. The number of para-hydroxylation sites is 1. The van der Waals surface area contributed by atoms with Crippen molar-refractivity contribution in [2.45, 2.75) is 5.60 Å². The van der Waals surface area contributed by atoms with Crippen LogP contribution in [0.2, 0.25) is 10.0 Å². The highest BCUT2D eigenvalue weighted by atomic mass is 35.5. The second-order valence-electron chi connectivity index (χ2n) is 5.99. The van der Waals surface area contributed by atoms with Gasteiger partial charge in [-0.25, -0.2) is 0 Å². The highest BCUT2D eigenvalue weighted by Gasteiger charge is 2.35. The quantitative estimate of drug-likeness (QED) is 0.474. The summed E-state index contributed by atoms with van der Waals surface area (Å²) >= 11 is 12.1. The molecule has 0 unspecified atom stereocenters. The Balaban J connectivity index is 1.97. The summed E-state index contributed by atoms with van der Waals surface area (Å²) in [6.45, 7) is 0. The van der Waals surface area contributed by atoms with Gasteiger partial charge in [0, 0.05) is 15.6 Å². The summed E-state index contributed by atoms with van der Waals surface area (Å²) in [5.74, 6) is 0. The van der Waals surface area contributed by atoms with Crippen LogP contribution in [-0.4, -0.2) is 10.1 Å². The van der Waals surface area contributed by atoms with E-state index in [2.05, 4.69) is 4.98 Å². The zero-order chi connectivity index (χ0) is 17.4. The number of halogens is 2. The van der Waals surface area contributed by atoms with Gasteiger partial charge in [0.2, 0.25) is 0 Å². The van der Waals surface area contributed by atoms with Gasteiger partial charge in [-0.05, 0) is 52.9 Å². The monoisotopic (exact) mass is 367 g/mol. The minimum atomic E-state index is -1.34. The van der Waals surface area contributed by atoms with E-state index in [1.54, 1.807) is 24.3 Å². The number of rotatable bonds is 3. The van der Waals surface area contributed by atoms with Gasteiger partial charge in [-0.15, -0.1) is 0 Å². The lowest BCUT2D eigenvalue weighted by atomic mass is 9.83. The molecular formula is C21H15Cl2NO. The van der Waals surface area contributed by atoms with Gasteiger partial charge in [0.05, 0.1) is 5.69 Å². The smallest absolute Gasteiger partial charge is 0.155 e. The van der Waals surface area contributed by atoms with Crippen molar-refractivity contribution in [3.8, 4) is 0 Å². The van der Waals surface area contributed by atoms with Crippen LogP contribution in [0, 0.1) is 0 Å². The fourth-order valence-corrected chi connectivity index (χ4v) is 3.38. The molecule has 0 spiro atoms. The van der Waals surface area contributed by atoms with Gasteiger partial charge >= 0.3 is 0 Å². The Morgan fingerprint density at radius 3 is 1.76 bits per heavy atom. The first-order valence-corrected chi connectivity index (χ1v) is 8.65. The second kappa shape index (κ2) is 6.23. The molecule has 0 fully saturated rings. The number of fused-ring (bicyclic) bond motifs is 1. The topological polar surface area (TPSA) is 36.0 Å². The highest BCUT2D eigenvalue weighted by Crippen LogP contribution is 2.38. The van der Waals surface area contributed by atoms with Crippen LogP contribution in [0.15, 0.2) is 78.9 Å². The van der Waals surface area contributed by atoms with Gasteiger partial charge < -0.3 is 10.1 Å². The van der Waals surface area contributed by atoms with Gasteiger partial charge in [-0.3, -0.25) is 0 Å². The summed E-state index contributed by atoms with van der Waals surface area (Å²) in [5, 5.41) is 14.1. The van der Waals surface area contributed by atoms with Crippen molar-refractivity contribution in [3.63, 3.8) is 0 Å². The normalized spacial score (nSPS) is 11.8. The third kappa shape index (κ3) is 2.83. The molecule has 2 nitrogen and oxygen atoms in total. The summed E-state index contributed by atoms with van der Waals surface area (Å²) in [5.41, 5.74) is 1.78. The number of H-pyrrole nitrogens is 1. The standard InChI is InChI=1S/C21H15Cl2NO/c22-17-9-5-15(6-10-17)21(25,16-7-11-18(23)12-8-16)20-13-14-3-1-2-4-19(14)24-20/h1-13,24-25H. The summed E-state index contributed by atoms with van der Waals surface area (Å²) < 4.78 is 0. The van der Waals surface area contributed by atoms with Gasteiger partial charge in [-0.1, -0.05) is 65.7 Å². The zero-order valence-electron chi connectivity index (χ0n) is 13.2. The van der Waals surface area contributed by atoms with Crippen molar-refractivity contribution < 1.29 is 5.11 Å². The van der Waals surface area contributed by atoms with Crippen LogP contribution in [0.25, 0.3) is 10.9 Å². The zero-order valence-corrected chi connectivity index (χ0v) is 14.7. The molecule has 4 rings (SSSR count). The van der Waals surface area contributed by atoms with E-state index in [1.807, 2.05) is 54.6 Å². The SMILES string of the molecule is OC(c1ccc(Cl)cc1)(c1ccc(Cl)cc1)c1cc2ccccc2[nH]1. The average Bonchev–Trinajstić information content (AvgIpc) is 3.07. The first-order chi connectivity index (χ1) is 12.1. The Morgan fingerprint density at radius 2 is 1.24 bits per heavy atom. The Hall–Kier alpha value is -2.26. The predicted octanol–water partition coefficient (Wildman–Crippen LogP) is 5.76. The summed E-state index contributed by atoms with van der Waals surface area (Å²) in [7, 11) is 0. The molecule has 0 bridgehead atoms. The van der Waals surface area contributed by atoms with Gasteiger partial charge in [0.1, 0.15) is 0 Å². The average molecular weight is 368 g/mol. The number of hydrogen-bond donors (Lipinski definition) is 2. The van der Waals surface area contributed by atoms with Crippen LogP contribution in [0.4, 0.5) is 0 Å². The first kappa shape index (κ1) is 16.2. The maximum Gasteiger partial charge on any atom is 0.155 e. The number of aromatic amines is 1. The molecule has 4 heteroatoms. The second-order valence-corrected chi connectivity index (χ2v) is 6.87. The van der Waals surface area contributed by atoms with Crippen molar-refractivity contribution in [3.05, 3.63) is 106 Å².